The van der Waals surface area contributed by atoms with Crippen molar-refractivity contribution < 1.29 is 5.11 Å². The summed E-state index contributed by atoms with van der Waals surface area (Å²) in [6, 6.07) is 15.0. The van der Waals surface area contributed by atoms with Crippen LogP contribution < -0.4 is 5.32 Å². The smallest absolute Gasteiger partial charge is 0.193 e. The minimum atomic E-state index is -0.0979. The van der Waals surface area contributed by atoms with Crippen molar-refractivity contribution in [1.29, 1.82) is 0 Å². The van der Waals surface area contributed by atoms with Crippen molar-refractivity contribution in [1.82, 2.24) is 15.3 Å². The molecule has 0 saturated heterocycles. The number of rotatable bonds is 2. The van der Waals surface area contributed by atoms with Gasteiger partial charge in [0.1, 0.15) is 5.75 Å². The summed E-state index contributed by atoms with van der Waals surface area (Å²) < 4.78 is 0. The molecule has 0 spiro atoms. The average molecular weight is 348 g/mol. The Labute approximate surface area is 150 Å². The number of aromatic nitrogens is 2. The molecule has 1 aliphatic heterocycles. The maximum absolute atomic E-state index is 9.57. The van der Waals surface area contributed by atoms with Crippen molar-refractivity contribution in [2.45, 2.75) is 18.9 Å². The summed E-state index contributed by atoms with van der Waals surface area (Å²) in [5.74, 6) is 0.166. The molecule has 0 saturated carbocycles. The van der Waals surface area contributed by atoms with Crippen LogP contribution in [0.5, 0.6) is 5.75 Å². The third-order valence-electron chi connectivity index (χ3n) is 4.40. The lowest BCUT2D eigenvalue weighted by molar-refractivity contribution is 0.474. The fourth-order valence-corrected chi connectivity index (χ4v) is 3.47. The van der Waals surface area contributed by atoms with Crippen molar-refractivity contribution in [3.63, 3.8) is 0 Å². The molecule has 2 N–H and O–H groups in total. The second kappa shape index (κ2) is 6.22. The first kappa shape index (κ1) is 15.7. The predicted molar refractivity (Wildman–Crippen MR) is 102 cm³/mol. The van der Waals surface area contributed by atoms with E-state index in [1.165, 1.54) is 0 Å². The van der Waals surface area contributed by atoms with Gasteiger partial charge in [-0.05, 0) is 61.1 Å². The Morgan fingerprint density at radius 2 is 1.88 bits per heavy atom. The number of phenolic OH excluding ortho intramolecular Hbond substituents is 1. The molecule has 3 heterocycles. The van der Waals surface area contributed by atoms with Crippen LogP contribution in [0.25, 0.3) is 11.0 Å². The number of nitrogens with zero attached hydrogens (tertiary/aromatic N) is 3. The number of fused-ring (bicyclic) bond motifs is 1. The summed E-state index contributed by atoms with van der Waals surface area (Å²) >= 11 is 5.28. The highest BCUT2D eigenvalue weighted by Gasteiger charge is 2.32. The molecule has 2 atom stereocenters. The lowest BCUT2D eigenvalue weighted by Crippen LogP contribution is -2.38. The molecule has 1 aromatic carbocycles. The highest BCUT2D eigenvalue weighted by atomic mass is 32.1. The minimum Gasteiger partial charge on any atom is -0.508 e. The number of benzene rings is 1. The van der Waals surface area contributed by atoms with Crippen molar-refractivity contribution in [3.8, 4) is 5.75 Å². The third kappa shape index (κ3) is 2.96. The van der Waals surface area contributed by atoms with Gasteiger partial charge in [0.2, 0.25) is 0 Å². The van der Waals surface area contributed by atoms with Gasteiger partial charge < -0.3 is 10.4 Å². The van der Waals surface area contributed by atoms with Crippen molar-refractivity contribution in [2.75, 3.05) is 0 Å². The largest absolute Gasteiger partial charge is 0.508 e. The molecule has 0 fully saturated rings. The number of aromatic hydroxyl groups is 1. The molecule has 25 heavy (non-hydrogen) atoms. The summed E-state index contributed by atoms with van der Waals surface area (Å²) in [5, 5.41) is 14.3. The fraction of sp³-hybridized carbons (Fsp3) is 0.158. The van der Waals surface area contributed by atoms with Crippen LogP contribution in [0.1, 0.15) is 30.1 Å². The second-order valence-corrected chi connectivity index (χ2v) is 6.42. The van der Waals surface area contributed by atoms with Crippen molar-refractivity contribution >= 4 is 34.1 Å². The van der Waals surface area contributed by atoms with Gasteiger partial charge in [0.05, 0.1) is 17.7 Å². The molecule has 6 heteroatoms. The second-order valence-electron chi connectivity index (χ2n) is 6.04. The monoisotopic (exact) mass is 348 g/mol. The van der Waals surface area contributed by atoms with E-state index in [-0.39, 0.29) is 17.7 Å². The number of thiocarbonyl (C=S) groups is 1. The Morgan fingerprint density at radius 3 is 2.68 bits per heavy atom. The maximum Gasteiger partial charge on any atom is 0.193 e. The minimum absolute atomic E-state index is 0.0670. The number of aliphatic imine (C=N–C) groups is 1. The maximum atomic E-state index is 9.57. The van der Waals surface area contributed by atoms with Crippen molar-refractivity contribution in [3.05, 3.63) is 66.0 Å². The predicted octanol–water partition coefficient (Wildman–Crippen LogP) is 3.51. The fourth-order valence-electron chi connectivity index (χ4n) is 3.20. The number of phenols is 1. The van der Waals surface area contributed by atoms with Crippen LogP contribution in [0.15, 0.2) is 59.7 Å². The number of nitrogens with one attached hydrogen (secondary N) is 1. The molecule has 5 nitrogen and oxygen atoms in total. The molecule has 0 aliphatic carbocycles. The topological polar surface area (TPSA) is 70.4 Å². The number of pyridine rings is 2. The van der Waals surface area contributed by atoms with Gasteiger partial charge in [0, 0.05) is 17.3 Å². The zero-order valence-electron chi connectivity index (χ0n) is 13.5. The van der Waals surface area contributed by atoms with Crippen LogP contribution >= 0.6 is 12.2 Å². The molecule has 2 unspecified atom stereocenters. The quantitative estimate of drug-likeness (QED) is 0.694. The van der Waals surface area contributed by atoms with Crippen LogP contribution in [0.2, 0.25) is 0 Å². The van der Waals surface area contributed by atoms with E-state index in [1.54, 1.807) is 18.3 Å². The van der Waals surface area contributed by atoms with Crippen LogP contribution in [0, 0.1) is 0 Å². The molecule has 2 aromatic heterocycles. The zero-order valence-corrected chi connectivity index (χ0v) is 14.4. The van der Waals surface area contributed by atoms with E-state index in [9.17, 15) is 5.11 Å². The van der Waals surface area contributed by atoms with E-state index in [4.69, 9.17) is 17.2 Å². The molecule has 0 bridgehead atoms. The van der Waals surface area contributed by atoms with Gasteiger partial charge in [-0.1, -0.05) is 12.1 Å². The molecule has 3 aromatic rings. The van der Waals surface area contributed by atoms with Crippen molar-refractivity contribution in [2.24, 2.45) is 4.99 Å². The molecule has 0 radical (unpaired) electrons. The highest BCUT2D eigenvalue weighted by molar-refractivity contribution is 7.80. The highest BCUT2D eigenvalue weighted by Crippen LogP contribution is 2.35. The van der Waals surface area contributed by atoms with E-state index in [1.807, 2.05) is 43.3 Å². The standard InChI is InChI=1S/C19H16N4OS/c1-11-16(15-9-6-13-3-2-10-20-18(13)22-15)17(23-19(25)21-11)12-4-7-14(24)8-5-12/h2-10,16-17,24H,1H3,(H,23,25). The number of hydrogen-bond acceptors (Lipinski definition) is 4. The first-order valence-electron chi connectivity index (χ1n) is 7.98. The Kier molecular flexibility index (Phi) is 3.89. The number of hydrogen-bond donors (Lipinski definition) is 2. The molecule has 1 aliphatic rings. The van der Waals surface area contributed by atoms with Gasteiger partial charge in [-0.3, -0.25) is 0 Å². The Bertz CT molecular complexity index is 984. The molecule has 4 rings (SSSR count). The van der Waals surface area contributed by atoms with Crippen LogP contribution in [0.4, 0.5) is 0 Å². The lowest BCUT2D eigenvalue weighted by atomic mass is 9.85. The Morgan fingerprint density at radius 1 is 1.08 bits per heavy atom. The van der Waals surface area contributed by atoms with Gasteiger partial charge in [-0.2, -0.15) is 0 Å². The molecular weight excluding hydrogens is 332 g/mol. The first-order valence-corrected chi connectivity index (χ1v) is 8.39. The van der Waals surface area contributed by atoms with E-state index >= 15 is 0 Å². The van der Waals surface area contributed by atoms with Gasteiger partial charge >= 0.3 is 0 Å². The molecule has 0 amide bonds. The van der Waals surface area contributed by atoms with Crippen LogP contribution in [0.3, 0.4) is 0 Å². The van der Waals surface area contributed by atoms with Gasteiger partial charge in [-0.15, -0.1) is 0 Å². The summed E-state index contributed by atoms with van der Waals surface area (Å²) in [5.41, 5.74) is 3.53. The zero-order chi connectivity index (χ0) is 17.4. The Balaban J connectivity index is 1.83. The molecular formula is C19H16N4OS. The van der Waals surface area contributed by atoms with E-state index < -0.39 is 0 Å². The van der Waals surface area contributed by atoms with E-state index in [0.717, 1.165) is 22.4 Å². The summed E-state index contributed by atoms with van der Waals surface area (Å²) in [4.78, 5) is 13.5. The lowest BCUT2D eigenvalue weighted by Gasteiger charge is -2.32. The molecule has 124 valence electrons. The normalized spacial score (nSPS) is 20.2. The SMILES string of the molecule is CC1=NC(=S)NC(c2ccc(O)cc2)C1c1ccc2cccnc2n1. The summed E-state index contributed by atoms with van der Waals surface area (Å²) in [6.07, 6.45) is 1.74. The van der Waals surface area contributed by atoms with Gasteiger partial charge in [-0.25, -0.2) is 15.0 Å². The summed E-state index contributed by atoms with van der Waals surface area (Å²) in [6.45, 7) is 1.97. The van der Waals surface area contributed by atoms with E-state index in [0.29, 0.717) is 10.8 Å². The average Bonchev–Trinajstić information content (AvgIpc) is 2.61. The third-order valence-corrected chi connectivity index (χ3v) is 4.61. The first-order chi connectivity index (χ1) is 12.1. The summed E-state index contributed by atoms with van der Waals surface area (Å²) in [7, 11) is 0. The van der Waals surface area contributed by atoms with E-state index in [2.05, 4.69) is 15.3 Å². The van der Waals surface area contributed by atoms with Gasteiger partial charge in [0.25, 0.3) is 0 Å². The Hall–Kier alpha value is -2.86. The van der Waals surface area contributed by atoms with Crippen LogP contribution in [-0.4, -0.2) is 25.9 Å². The van der Waals surface area contributed by atoms with Crippen LogP contribution in [-0.2, 0) is 0 Å². The van der Waals surface area contributed by atoms with Gasteiger partial charge in [0.15, 0.2) is 10.8 Å².